The highest BCUT2D eigenvalue weighted by Gasteiger charge is 2.04. The molecule has 0 aliphatic carbocycles. The molecular weight excluding hydrogens is 280 g/mol. The summed E-state index contributed by atoms with van der Waals surface area (Å²) in [6.07, 6.45) is 0. The van der Waals surface area contributed by atoms with Crippen LogP contribution in [0.25, 0.3) is 11.3 Å². The van der Waals surface area contributed by atoms with Crippen LogP contribution >= 0.6 is 11.3 Å². The number of para-hydroxylation sites is 1. The lowest BCUT2D eigenvalue weighted by Crippen LogP contribution is -2.04. The normalized spacial score (nSPS) is 10.5. The van der Waals surface area contributed by atoms with Gasteiger partial charge in [-0.15, -0.1) is 11.3 Å². The van der Waals surface area contributed by atoms with Crippen LogP contribution in [0.3, 0.4) is 0 Å². The zero-order chi connectivity index (χ0) is 14.5. The standard InChI is InChI=1S/C17H16N2OS/c1-18-11-17-19-16(12-21-17)13-7-9-15(10-8-13)20-14-5-3-2-4-6-14/h2-10,12,18H,11H2,1H3. The van der Waals surface area contributed by atoms with Crippen molar-refractivity contribution in [1.82, 2.24) is 10.3 Å². The third-order valence-corrected chi connectivity index (χ3v) is 3.86. The Bertz CT molecular complexity index is 692. The molecule has 0 radical (unpaired) electrons. The molecule has 1 heterocycles. The zero-order valence-electron chi connectivity index (χ0n) is 11.7. The molecule has 0 spiro atoms. The summed E-state index contributed by atoms with van der Waals surface area (Å²) in [7, 11) is 1.93. The van der Waals surface area contributed by atoms with Gasteiger partial charge in [0.25, 0.3) is 0 Å². The molecule has 0 saturated carbocycles. The van der Waals surface area contributed by atoms with Gasteiger partial charge in [0.1, 0.15) is 16.5 Å². The maximum atomic E-state index is 5.79. The van der Waals surface area contributed by atoms with Crippen molar-refractivity contribution < 1.29 is 4.74 Å². The van der Waals surface area contributed by atoms with Gasteiger partial charge in [0, 0.05) is 17.5 Å². The molecule has 0 aliphatic rings. The van der Waals surface area contributed by atoms with Crippen LogP contribution in [0, 0.1) is 0 Å². The first kappa shape index (κ1) is 13.8. The maximum absolute atomic E-state index is 5.79. The molecule has 0 atom stereocenters. The Morgan fingerprint density at radius 2 is 1.71 bits per heavy atom. The van der Waals surface area contributed by atoms with E-state index in [0.717, 1.165) is 34.3 Å². The Labute approximate surface area is 128 Å². The second-order valence-electron chi connectivity index (χ2n) is 4.60. The number of hydrogen-bond donors (Lipinski definition) is 1. The van der Waals surface area contributed by atoms with Gasteiger partial charge in [-0.25, -0.2) is 4.98 Å². The molecule has 0 amide bonds. The number of benzene rings is 2. The van der Waals surface area contributed by atoms with Gasteiger partial charge in [0.05, 0.1) is 5.69 Å². The van der Waals surface area contributed by atoms with E-state index in [4.69, 9.17) is 4.74 Å². The number of nitrogens with zero attached hydrogens (tertiary/aromatic N) is 1. The predicted octanol–water partition coefficient (Wildman–Crippen LogP) is 4.32. The van der Waals surface area contributed by atoms with Gasteiger partial charge in [-0.2, -0.15) is 0 Å². The highest BCUT2D eigenvalue weighted by Crippen LogP contribution is 2.26. The van der Waals surface area contributed by atoms with Crippen molar-refractivity contribution in [1.29, 1.82) is 0 Å². The molecular formula is C17H16N2OS. The van der Waals surface area contributed by atoms with Crippen molar-refractivity contribution in [2.24, 2.45) is 0 Å². The molecule has 0 aliphatic heterocycles. The predicted molar refractivity (Wildman–Crippen MR) is 86.8 cm³/mol. The van der Waals surface area contributed by atoms with E-state index < -0.39 is 0 Å². The minimum Gasteiger partial charge on any atom is -0.457 e. The first-order valence-corrected chi connectivity index (χ1v) is 7.65. The second-order valence-corrected chi connectivity index (χ2v) is 5.54. The average Bonchev–Trinajstić information content (AvgIpc) is 2.98. The Morgan fingerprint density at radius 1 is 1.00 bits per heavy atom. The van der Waals surface area contributed by atoms with Crippen LogP contribution in [0.2, 0.25) is 0 Å². The number of rotatable bonds is 5. The van der Waals surface area contributed by atoms with Gasteiger partial charge < -0.3 is 10.1 Å². The molecule has 4 heteroatoms. The van der Waals surface area contributed by atoms with Crippen molar-refractivity contribution in [3.63, 3.8) is 0 Å². The number of thiazole rings is 1. The third-order valence-electron chi connectivity index (χ3n) is 3.01. The monoisotopic (exact) mass is 296 g/mol. The number of hydrogen-bond acceptors (Lipinski definition) is 4. The lowest BCUT2D eigenvalue weighted by Gasteiger charge is -2.05. The van der Waals surface area contributed by atoms with Gasteiger partial charge in [-0.05, 0) is 43.4 Å². The minimum atomic E-state index is 0.805. The summed E-state index contributed by atoms with van der Waals surface area (Å²) < 4.78 is 5.79. The quantitative estimate of drug-likeness (QED) is 0.761. The largest absolute Gasteiger partial charge is 0.457 e. The summed E-state index contributed by atoms with van der Waals surface area (Å²) in [4.78, 5) is 4.60. The molecule has 0 bridgehead atoms. The third kappa shape index (κ3) is 3.48. The second kappa shape index (κ2) is 6.52. The van der Waals surface area contributed by atoms with E-state index in [2.05, 4.69) is 15.7 Å². The topological polar surface area (TPSA) is 34.2 Å². The molecule has 0 fully saturated rings. The fourth-order valence-corrected chi connectivity index (χ4v) is 2.81. The first-order chi connectivity index (χ1) is 10.3. The summed E-state index contributed by atoms with van der Waals surface area (Å²) in [6.45, 7) is 0.805. The fourth-order valence-electron chi connectivity index (χ4n) is 1.99. The van der Waals surface area contributed by atoms with E-state index in [1.807, 2.05) is 61.6 Å². The van der Waals surface area contributed by atoms with Gasteiger partial charge >= 0.3 is 0 Å². The highest BCUT2D eigenvalue weighted by molar-refractivity contribution is 7.09. The Hall–Kier alpha value is -2.17. The lowest BCUT2D eigenvalue weighted by atomic mass is 10.2. The van der Waals surface area contributed by atoms with E-state index in [0.29, 0.717) is 0 Å². The summed E-state index contributed by atoms with van der Waals surface area (Å²) in [5.74, 6) is 1.67. The Morgan fingerprint density at radius 3 is 2.43 bits per heavy atom. The lowest BCUT2D eigenvalue weighted by molar-refractivity contribution is 0.483. The van der Waals surface area contributed by atoms with E-state index in [1.54, 1.807) is 11.3 Å². The molecule has 3 nitrogen and oxygen atoms in total. The van der Waals surface area contributed by atoms with Crippen LogP contribution < -0.4 is 10.1 Å². The molecule has 106 valence electrons. The van der Waals surface area contributed by atoms with E-state index in [9.17, 15) is 0 Å². The smallest absolute Gasteiger partial charge is 0.127 e. The van der Waals surface area contributed by atoms with E-state index >= 15 is 0 Å². The van der Waals surface area contributed by atoms with Crippen molar-refractivity contribution in [2.45, 2.75) is 6.54 Å². The van der Waals surface area contributed by atoms with Crippen LogP contribution in [-0.4, -0.2) is 12.0 Å². The summed E-state index contributed by atoms with van der Waals surface area (Å²) in [6, 6.07) is 17.8. The molecule has 1 aromatic heterocycles. The van der Waals surface area contributed by atoms with E-state index in [-0.39, 0.29) is 0 Å². The summed E-state index contributed by atoms with van der Waals surface area (Å²) in [5, 5.41) is 6.29. The Kier molecular flexibility index (Phi) is 4.28. The molecule has 3 rings (SSSR count). The molecule has 0 unspecified atom stereocenters. The molecule has 21 heavy (non-hydrogen) atoms. The van der Waals surface area contributed by atoms with Crippen molar-refractivity contribution >= 4 is 11.3 Å². The van der Waals surface area contributed by atoms with Gasteiger partial charge in [0.2, 0.25) is 0 Å². The van der Waals surface area contributed by atoms with Crippen LogP contribution in [0.1, 0.15) is 5.01 Å². The number of ether oxygens (including phenoxy) is 1. The summed E-state index contributed by atoms with van der Waals surface area (Å²) in [5.41, 5.74) is 2.12. The fraction of sp³-hybridized carbons (Fsp3) is 0.118. The van der Waals surface area contributed by atoms with Crippen molar-refractivity contribution in [2.75, 3.05) is 7.05 Å². The first-order valence-electron chi connectivity index (χ1n) is 6.77. The van der Waals surface area contributed by atoms with Gasteiger partial charge in [-0.1, -0.05) is 18.2 Å². The maximum Gasteiger partial charge on any atom is 0.127 e. The van der Waals surface area contributed by atoms with Crippen molar-refractivity contribution in [3.05, 3.63) is 65.0 Å². The van der Waals surface area contributed by atoms with Gasteiger partial charge in [0.15, 0.2) is 0 Å². The average molecular weight is 296 g/mol. The molecule has 2 aromatic carbocycles. The SMILES string of the molecule is CNCc1nc(-c2ccc(Oc3ccccc3)cc2)cs1. The number of aromatic nitrogens is 1. The van der Waals surface area contributed by atoms with Gasteiger partial charge in [-0.3, -0.25) is 0 Å². The number of nitrogens with one attached hydrogen (secondary N) is 1. The minimum absolute atomic E-state index is 0.805. The molecule has 3 aromatic rings. The molecule has 1 N–H and O–H groups in total. The van der Waals surface area contributed by atoms with Crippen molar-refractivity contribution in [3.8, 4) is 22.8 Å². The summed E-state index contributed by atoms with van der Waals surface area (Å²) >= 11 is 1.67. The van der Waals surface area contributed by atoms with Crippen LogP contribution in [-0.2, 0) is 6.54 Å². The van der Waals surface area contributed by atoms with Crippen LogP contribution in [0.15, 0.2) is 60.0 Å². The zero-order valence-corrected chi connectivity index (χ0v) is 12.6. The van der Waals surface area contributed by atoms with Crippen LogP contribution in [0.5, 0.6) is 11.5 Å². The highest BCUT2D eigenvalue weighted by atomic mass is 32.1. The Balaban J connectivity index is 1.74. The van der Waals surface area contributed by atoms with Crippen LogP contribution in [0.4, 0.5) is 0 Å². The van der Waals surface area contributed by atoms with E-state index in [1.165, 1.54) is 0 Å². The molecule has 0 saturated heterocycles.